The number of nitrogens with one attached hydrogen (secondary N) is 1. The van der Waals surface area contributed by atoms with E-state index < -0.39 is 12.5 Å². The zero-order valence-electron chi connectivity index (χ0n) is 13.5. The van der Waals surface area contributed by atoms with E-state index in [4.69, 9.17) is 9.63 Å². The normalized spacial score (nSPS) is 10.3. The number of nitrogens with zero attached hydrogens (tertiary/aromatic N) is 2. The van der Waals surface area contributed by atoms with E-state index >= 15 is 0 Å². The predicted octanol–water partition coefficient (Wildman–Crippen LogP) is 1.77. The number of benzene rings is 1. The lowest BCUT2D eigenvalue weighted by molar-refractivity contribution is -0.136. The first-order valence-corrected chi connectivity index (χ1v) is 8.49. The third-order valence-electron chi connectivity index (χ3n) is 3.02. The summed E-state index contributed by atoms with van der Waals surface area (Å²) < 4.78 is 4.84. The Hall–Kier alpha value is -2.81. The fraction of sp³-hybridized carbons (Fsp3) is 0.250. The number of aliphatic carboxylic acids is 1. The van der Waals surface area contributed by atoms with Crippen LogP contribution in [0.5, 0.6) is 0 Å². The van der Waals surface area contributed by atoms with Crippen molar-refractivity contribution >= 4 is 41.1 Å². The van der Waals surface area contributed by atoms with Gasteiger partial charge >= 0.3 is 5.97 Å². The Kier molecular flexibility index (Phi) is 6.58. The predicted molar refractivity (Wildman–Crippen MR) is 93.6 cm³/mol. The molecule has 0 aliphatic rings. The van der Waals surface area contributed by atoms with Gasteiger partial charge in [0.15, 0.2) is 5.82 Å². The molecule has 2 aromatic rings. The zero-order valence-corrected chi connectivity index (χ0v) is 14.3. The second-order valence-corrected chi connectivity index (χ2v) is 6.06. The molecule has 0 spiro atoms. The SMILES string of the molecule is Cc1cc(NC(=O)CSCC(=O)N(CC(=O)O)c2ccccc2)no1. The summed E-state index contributed by atoms with van der Waals surface area (Å²) in [5.74, 6) is -0.919. The summed E-state index contributed by atoms with van der Waals surface area (Å²) in [7, 11) is 0. The van der Waals surface area contributed by atoms with Gasteiger partial charge < -0.3 is 19.8 Å². The number of carboxylic acid groups (broad SMARTS) is 1. The van der Waals surface area contributed by atoms with Gasteiger partial charge in [-0.1, -0.05) is 23.4 Å². The van der Waals surface area contributed by atoms with E-state index in [9.17, 15) is 14.4 Å². The number of amides is 2. The molecular formula is C16H17N3O5S. The summed E-state index contributed by atoms with van der Waals surface area (Å²) in [5, 5.41) is 15.2. The number of hydrogen-bond donors (Lipinski definition) is 2. The third-order valence-corrected chi connectivity index (χ3v) is 3.93. The number of anilines is 2. The number of carboxylic acids is 1. The minimum atomic E-state index is -1.11. The van der Waals surface area contributed by atoms with Crippen LogP contribution in [0.4, 0.5) is 11.5 Å². The first-order valence-electron chi connectivity index (χ1n) is 7.34. The van der Waals surface area contributed by atoms with Crippen molar-refractivity contribution in [3.8, 4) is 0 Å². The molecule has 0 bridgehead atoms. The van der Waals surface area contributed by atoms with Crippen molar-refractivity contribution in [3.05, 3.63) is 42.2 Å². The van der Waals surface area contributed by atoms with Crippen molar-refractivity contribution in [2.45, 2.75) is 6.92 Å². The van der Waals surface area contributed by atoms with Gasteiger partial charge in [-0.15, -0.1) is 11.8 Å². The van der Waals surface area contributed by atoms with Crippen LogP contribution in [0.2, 0.25) is 0 Å². The van der Waals surface area contributed by atoms with Crippen LogP contribution in [0.3, 0.4) is 0 Å². The van der Waals surface area contributed by atoms with E-state index in [1.807, 2.05) is 0 Å². The second-order valence-electron chi connectivity index (χ2n) is 5.07. The van der Waals surface area contributed by atoms with Gasteiger partial charge in [-0.05, 0) is 19.1 Å². The fourth-order valence-corrected chi connectivity index (χ4v) is 2.67. The Morgan fingerprint density at radius 2 is 1.96 bits per heavy atom. The van der Waals surface area contributed by atoms with Crippen molar-refractivity contribution in [2.24, 2.45) is 0 Å². The molecule has 2 amide bonds. The largest absolute Gasteiger partial charge is 0.480 e. The smallest absolute Gasteiger partial charge is 0.323 e. The van der Waals surface area contributed by atoms with E-state index in [1.165, 1.54) is 4.90 Å². The standard InChI is InChI=1S/C16H17N3O5S/c1-11-7-13(18-24-11)17-14(20)9-25-10-15(21)19(8-16(22)23)12-5-3-2-4-6-12/h2-7H,8-10H2,1H3,(H,22,23)(H,17,18,20). The molecule has 1 aromatic carbocycles. The summed E-state index contributed by atoms with van der Waals surface area (Å²) in [6, 6.07) is 10.1. The number of rotatable bonds is 8. The van der Waals surface area contributed by atoms with Crippen LogP contribution in [0.1, 0.15) is 5.76 Å². The van der Waals surface area contributed by atoms with E-state index in [0.717, 1.165) is 11.8 Å². The lowest BCUT2D eigenvalue weighted by atomic mass is 10.3. The Morgan fingerprint density at radius 3 is 2.56 bits per heavy atom. The van der Waals surface area contributed by atoms with E-state index in [2.05, 4.69) is 10.5 Å². The third kappa shape index (κ3) is 5.96. The molecule has 0 saturated heterocycles. The number of carbonyl (C=O) groups is 3. The molecule has 9 heteroatoms. The summed E-state index contributed by atoms with van der Waals surface area (Å²) in [4.78, 5) is 36.3. The van der Waals surface area contributed by atoms with Gasteiger partial charge in [0, 0.05) is 11.8 Å². The molecule has 132 valence electrons. The van der Waals surface area contributed by atoms with Gasteiger partial charge in [0.1, 0.15) is 12.3 Å². The van der Waals surface area contributed by atoms with Crippen LogP contribution in [0.25, 0.3) is 0 Å². The summed E-state index contributed by atoms with van der Waals surface area (Å²) >= 11 is 1.09. The maximum Gasteiger partial charge on any atom is 0.323 e. The summed E-state index contributed by atoms with van der Waals surface area (Å²) in [5.41, 5.74) is 0.498. The second kappa shape index (κ2) is 8.88. The highest BCUT2D eigenvalue weighted by atomic mass is 32.2. The Morgan fingerprint density at radius 1 is 1.24 bits per heavy atom. The highest BCUT2D eigenvalue weighted by Crippen LogP contribution is 2.15. The molecule has 0 saturated carbocycles. The lowest BCUT2D eigenvalue weighted by Crippen LogP contribution is -2.37. The molecule has 2 rings (SSSR count). The number of carbonyl (C=O) groups excluding carboxylic acids is 2. The average Bonchev–Trinajstić information content (AvgIpc) is 2.98. The summed E-state index contributed by atoms with van der Waals surface area (Å²) in [6.07, 6.45) is 0. The fourth-order valence-electron chi connectivity index (χ4n) is 1.98. The Balaban J connectivity index is 1.86. The van der Waals surface area contributed by atoms with Crippen LogP contribution in [0, 0.1) is 6.92 Å². The van der Waals surface area contributed by atoms with Crippen molar-refractivity contribution in [3.63, 3.8) is 0 Å². The maximum absolute atomic E-state index is 12.3. The van der Waals surface area contributed by atoms with Crippen LogP contribution in [-0.2, 0) is 14.4 Å². The number of aryl methyl sites for hydroxylation is 1. The maximum atomic E-state index is 12.3. The van der Waals surface area contributed by atoms with Crippen LogP contribution >= 0.6 is 11.8 Å². The minimum Gasteiger partial charge on any atom is -0.480 e. The first-order chi connectivity index (χ1) is 12.0. The first kappa shape index (κ1) is 18.5. The van der Waals surface area contributed by atoms with Crippen LogP contribution in [0.15, 0.2) is 40.9 Å². The molecule has 0 unspecified atom stereocenters. The number of thioether (sulfide) groups is 1. The molecule has 2 N–H and O–H groups in total. The lowest BCUT2D eigenvalue weighted by Gasteiger charge is -2.20. The topological polar surface area (TPSA) is 113 Å². The van der Waals surface area contributed by atoms with Crippen molar-refractivity contribution < 1.29 is 24.0 Å². The Bertz CT molecular complexity index is 747. The molecule has 0 fully saturated rings. The molecular weight excluding hydrogens is 346 g/mol. The van der Waals surface area contributed by atoms with E-state index in [0.29, 0.717) is 17.3 Å². The van der Waals surface area contributed by atoms with Gasteiger partial charge in [0.25, 0.3) is 0 Å². The highest BCUT2D eigenvalue weighted by molar-refractivity contribution is 8.00. The number of para-hydroxylation sites is 1. The van der Waals surface area contributed by atoms with E-state index in [-0.39, 0.29) is 23.3 Å². The van der Waals surface area contributed by atoms with Gasteiger partial charge in [-0.3, -0.25) is 14.4 Å². The van der Waals surface area contributed by atoms with Crippen molar-refractivity contribution in [1.29, 1.82) is 0 Å². The van der Waals surface area contributed by atoms with Crippen LogP contribution in [-0.4, -0.2) is 46.1 Å². The van der Waals surface area contributed by atoms with Gasteiger partial charge in [0.2, 0.25) is 11.8 Å². The van der Waals surface area contributed by atoms with Crippen molar-refractivity contribution in [1.82, 2.24) is 5.16 Å². The van der Waals surface area contributed by atoms with Gasteiger partial charge in [-0.25, -0.2) is 0 Å². The summed E-state index contributed by atoms with van der Waals surface area (Å²) in [6.45, 7) is 1.27. The van der Waals surface area contributed by atoms with Crippen LogP contribution < -0.4 is 10.2 Å². The molecule has 8 nitrogen and oxygen atoms in total. The van der Waals surface area contributed by atoms with Gasteiger partial charge in [0.05, 0.1) is 11.5 Å². The molecule has 25 heavy (non-hydrogen) atoms. The molecule has 0 aliphatic carbocycles. The molecule has 1 aromatic heterocycles. The molecule has 0 atom stereocenters. The Labute approximate surface area is 148 Å². The monoisotopic (exact) mass is 363 g/mol. The van der Waals surface area contributed by atoms with Crippen molar-refractivity contribution in [2.75, 3.05) is 28.3 Å². The molecule has 0 radical (unpaired) electrons. The quantitative estimate of drug-likeness (QED) is 0.735. The average molecular weight is 363 g/mol. The molecule has 1 heterocycles. The zero-order chi connectivity index (χ0) is 18.2. The van der Waals surface area contributed by atoms with Gasteiger partial charge in [-0.2, -0.15) is 0 Å². The van der Waals surface area contributed by atoms with E-state index in [1.54, 1.807) is 43.3 Å². The number of aromatic nitrogens is 1. The number of hydrogen-bond acceptors (Lipinski definition) is 6. The highest BCUT2D eigenvalue weighted by Gasteiger charge is 2.19. The minimum absolute atomic E-state index is 0.0204. The molecule has 0 aliphatic heterocycles.